The summed E-state index contributed by atoms with van der Waals surface area (Å²) in [5.74, 6) is -0.168. The molecule has 0 atom stereocenters. The third kappa shape index (κ3) is 5.99. The molecule has 1 fully saturated rings. The molecule has 0 unspecified atom stereocenters. The van der Waals surface area contributed by atoms with Gasteiger partial charge in [0.1, 0.15) is 5.60 Å². The Morgan fingerprint density at radius 3 is 2.49 bits per heavy atom. The number of anilines is 1. The summed E-state index contributed by atoms with van der Waals surface area (Å²) in [6.45, 7) is 10.7. The molecule has 2 heterocycles. The van der Waals surface area contributed by atoms with Gasteiger partial charge in [0.15, 0.2) is 0 Å². The predicted molar refractivity (Wildman–Crippen MR) is 147 cm³/mol. The lowest BCUT2D eigenvalue weighted by Crippen LogP contribution is -2.41. The Kier molecular flexibility index (Phi) is 7.93. The molecular weight excluding hydrogens is 488 g/mol. The third-order valence-electron chi connectivity index (χ3n) is 6.70. The molecule has 4 rings (SSSR count). The topological polar surface area (TPSA) is 76.5 Å². The van der Waals surface area contributed by atoms with Crippen LogP contribution in [0.15, 0.2) is 48.7 Å². The van der Waals surface area contributed by atoms with E-state index in [0.29, 0.717) is 36.5 Å². The Morgan fingerprint density at radius 1 is 1.11 bits per heavy atom. The highest BCUT2D eigenvalue weighted by atomic mass is 35.5. The highest BCUT2D eigenvalue weighted by molar-refractivity contribution is 6.31. The number of ether oxygens (including phenoxy) is 1. The van der Waals surface area contributed by atoms with Crippen LogP contribution in [0.1, 0.15) is 73.6 Å². The molecule has 0 bridgehead atoms. The van der Waals surface area contributed by atoms with Crippen LogP contribution in [0.3, 0.4) is 0 Å². The maximum atomic E-state index is 13.6. The molecule has 37 heavy (non-hydrogen) atoms. The van der Waals surface area contributed by atoms with Crippen molar-refractivity contribution in [2.24, 2.45) is 0 Å². The van der Waals surface area contributed by atoms with Crippen LogP contribution in [0, 0.1) is 6.92 Å². The van der Waals surface area contributed by atoms with Gasteiger partial charge in [0.05, 0.1) is 23.1 Å². The maximum absolute atomic E-state index is 13.6. The number of hydrogen-bond donors (Lipinski definition) is 1. The minimum absolute atomic E-state index is 0.0294. The zero-order valence-corrected chi connectivity index (χ0v) is 22.9. The van der Waals surface area contributed by atoms with Crippen molar-refractivity contribution >= 4 is 29.3 Å². The molecule has 7 nitrogen and oxygen atoms in total. The van der Waals surface area contributed by atoms with Gasteiger partial charge in [-0.15, -0.1) is 0 Å². The molecule has 2 amide bonds. The number of piperidine rings is 1. The summed E-state index contributed by atoms with van der Waals surface area (Å²) in [5.41, 5.74) is 4.42. The second-order valence-electron chi connectivity index (χ2n) is 10.4. The van der Waals surface area contributed by atoms with Crippen LogP contribution in [-0.4, -0.2) is 45.4 Å². The molecule has 1 aliphatic heterocycles. The van der Waals surface area contributed by atoms with Crippen LogP contribution < -0.4 is 5.32 Å². The Hall–Kier alpha value is -3.32. The summed E-state index contributed by atoms with van der Waals surface area (Å²) in [4.78, 5) is 28.0. The predicted octanol–water partition coefficient (Wildman–Crippen LogP) is 6.76. The van der Waals surface area contributed by atoms with Crippen molar-refractivity contribution in [3.05, 3.63) is 76.1 Å². The number of benzene rings is 2. The van der Waals surface area contributed by atoms with Gasteiger partial charge < -0.3 is 15.0 Å². The van der Waals surface area contributed by atoms with Crippen LogP contribution in [0.4, 0.5) is 10.5 Å². The molecular formula is C29H35ClN4O3. The number of rotatable bonds is 5. The summed E-state index contributed by atoms with van der Waals surface area (Å²) in [6.07, 6.45) is 3.53. The lowest BCUT2D eigenvalue weighted by atomic mass is 9.90. The van der Waals surface area contributed by atoms with Crippen LogP contribution in [0.5, 0.6) is 0 Å². The Bertz CT molecular complexity index is 1290. The molecule has 0 radical (unpaired) electrons. The zero-order valence-electron chi connectivity index (χ0n) is 22.2. The molecule has 196 valence electrons. The van der Waals surface area contributed by atoms with E-state index in [4.69, 9.17) is 16.3 Å². The molecule has 1 saturated heterocycles. The lowest BCUT2D eigenvalue weighted by molar-refractivity contribution is 0.0203. The number of hydrogen-bond acceptors (Lipinski definition) is 4. The molecule has 0 spiro atoms. The number of amides is 2. The number of carbonyl (C=O) groups excluding carboxylic acids is 2. The molecule has 1 N–H and O–H groups in total. The number of aromatic nitrogens is 2. The highest BCUT2D eigenvalue weighted by Gasteiger charge is 2.32. The van der Waals surface area contributed by atoms with E-state index in [1.807, 2.05) is 74.8 Å². The van der Waals surface area contributed by atoms with E-state index in [-0.39, 0.29) is 17.9 Å². The summed E-state index contributed by atoms with van der Waals surface area (Å²) >= 11 is 6.44. The van der Waals surface area contributed by atoms with Crippen molar-refractivity contribution < 1.29 is 14.3 Å². The first kappa shape index (κ1) is 26.7. The lowest BCUT2D eigenvalue weighted by Gasteiger charge is -2.34. The van der Waals surface area contributed by atoms with Gasteiger partial charge in [-0.2, -0.15) is 5.10 Å². The molecule has 3 aromatic rings. The molecule has 1 aromatic heterocycles. The van der Waals surface area contributed by atoms with E-state index >= 15 is 0 Å². The Balaban J connectivity index is 1.67. The van der Waals surface area contributed by atoms with Crippen molar-refractivity contribution in [3.63, 3.8) is 0 Å². The van der Waals surface area contributed by atoms with E-state index in [1.54, 1.807) is 11.1 Å². The number of carbonyl (C=O) groups is 2. The number of likely N-dealkylation sites (tertiary alicyclic amines) is 1. The van der Waals surface area contributed by atoms with Gasteiger partial charge in [0, 0.05) is 29.7 Å². The molecule has 2 aromatic carbocycles. The van der Waals surface area contributed by atoms with Crippen molar-refractivity contribution in [1.82, 2.24) is 14.7 Å². The maximum Gasteiger partial charge on any atom is 0.410 e. The normalized spacial score (nSPS) is 14.5. The van der Waals surface area contributed by atoms with Crippen LogP contribution >= 0.6 is 11.6 Å². The highest BCUT2D eigenvalue weighted by Crippen LogP contribution is 2.34. The monoisotopic (exact) mass is 522 g/mol. The van der Waals surface area contributed by atoms with Gasteiger partial charge in [-0.3, -0.25) is 4.79 Å². The fourth-order valence-corrected chi connectivity index (χ4v) is 4.91. The average molecular weight is 523 g/mol. The first-order chi connectivity index (χ1) is 17.6. The van der Waals surface area contributed by atoms with E-state index in [0.717, 1.165) is 34.6 Å². The molecule has 8 heteroatoms. The van der Waals surface area contributed by atoms with E-state index in [1.165, 1.54) is 0 Å². The van der Waals surface area contributed by atoms with Crippen LogP contribution in [-0.2, 0) is 11.2 Å². The van der Waals surface area contributed by atoms with Crippen molar-refractivity contribution in [1.29, 1.82) is 0 Å². The fourth-order valence-electron chi connectivity index (χ4n) is 4.75. The first-order valence-electron chi connectivity index (χ1n) is 12.8. The van der Waals surface area contributed by atoms with Crippen molar-refractivity contribution in [2.75, 3.05) is 18.4 Å². The number of nitrogens with one attached hydrogen (secondary N) is 1. The van der Waals surface area contributed by atoms with E-state index < -0.39 is 5.60 Å². The van der Waals surface area contributed by atoms with Gasteiger partial charge in [-0.05, 0) is 76.3 Å². The third-order valence-corrected chi connectivity index (χ3v) is 7.11. The number of para-hydroxylation sites is 1. The Labute approximate surface area is 223 Å². The van der Waals surface area contributed by atoms with Crippen LogP contribution in [0.25, 0.3) is 5.69 Å². The number of nitrogens with zero attached hydrogens (tertiary/aromatic N) is 3. The minimum atomic E-state index is -0.545. The van der Waals surface area contributed by atoms with Crippen molar-refractivity contribution in [3.8, 4) is 5.69 Å². The standard InChI is InChI=1S/C29H35ClN4O3/c1-6-20-10-7-8-12-24(20)32-27(35)22-18-31-34(25-13-9-11-23(30)19(25)2)26(22)21-14-16-33(17-15-21)28(36)37-29(3,4)5/h7-13,18,21H,6,14-17H2,1-5H3,(H,32,35). The summed E-state index contributed by atoms with van der Waals surface area (Å²) < 4.78 is 7.41. The quantitative estimate of drug-likeness (QED) is 0.401. The summed E-state index contributed by atoms with van der Waals surface area (Å²) in [6, 6.07) is 13.5. The zero-order chi connectivity index (χ0) is 26.7. The van der Waals surface area contributed by atoms with Crippen molar-refractivity contribution in [2.45, 2.75) is 65.4 Å². The van der Waals surface area contributed by atoms with Gasteiger partial charge >= 0.3 is 6.09 Å². The fraction of sp³-hybridized carbons (Fsp3) is 0.414. The first-order valence-corrected chi connectivity index (χ1v) is 13.2. The average Bonchev–Trinajstić information content (AvgIpc) is 3.30. The summed E-state index contributed by atoms with van der Waals surface area (Å²) in [5, 5.41) is 8.40. The Morgan fingerprint density at radius 2 is 1.81 bits per heavy atom. The number of aryl methyl sites for hydroxylation is 1. The van der Waals surface area contributed by atoms with Gasteiger partial charge in [0.25, 0.3) is 5.91 Å². The van der Waals surface area contributed by atoms with E-state index in [9.17, 15) is 9.59 Å². The van der Waals surface area contributed by atoms with Gasteiger partial charge in [-0.25, -0.2) is 9.48 Å². The number of halogens is 1. The molecule has 0 saturated carbocycles. The molecule has 0 aliphatic carbocycles. The molecule has 1 aliphatic rings. The van der Waals surface area contributed by atoms with Gasteiger partial charge in [-0.1, -0.05) is 42.8 Å². The smallest absolute Gasteiger partial charge is 0.410 e. The summed E-state index contributed by atoms with van der Waals surface area (Å²) in [7, 11) is 0. The van der Waals surface area contributed by atoms with Gasteiger partial charge in [0.2, 0.25) is 0 Å². The largest absolute Gasteiger partial charge is 0.444 e. The second kappa shape index (κ2) is 11.0. The SMILES string of the molecule is CCc1ccccc1NC(=O)c1cnn(-c2cccc(Cl)c2C)c1C1CCN(C(=O)OC(C)(C)C)CC1. The second-order valence-corrected chi connectivity index (χ2v) is 10.9. The minimum Gasteiger partial charge on any atom is -0.444 e. The van der Waals surface area contributed by atoms with Crippen LogP contribution in [0.2, 0.25) is 5.02 Å². The van der Waals surface area contributed by atoms with E-state index in [2.05, 4.69) is 17.3 Å².